The van der Waals surface area contributed by atoms with Crippen molar-refractivity contribution in [2.45, 2.75) is 39.7 Å². The Balaban J connectivity index is 1.41. The Labute approximate surface area is 179 Å². The minimum Gasteiger partial charge on any atom is -0.316 e. The third kappa shape index (κ3) is 5.17. The molecular formula is C22H25F2N5S. The van der Waals surface area contributed by atoms with Crippen molar-refractivity contribution in [3.05, 3.63) is 64.1 Å². The van der Waals surface area contributed by atoms with Gasteiger partial charge >= 0.3 is 0 Å². The van der Waals surface area contributed by atoms with Crippen LogP contribution in [0.25, 0.3) is 0 Å². The summed E-state index contributed by atoms with van der Waals surface area (Å²) in [7, 11) is 0. The molecule has 0 aliphatic carbocycles. The van der Waals surface area contributed by atoms with Crippen LogP contribution in [0.2, 0.25) is 0 Å². The molecule has 2 aromatic heterocycles. The third-order valence-corrected chi connectivity index (χ3v) is 6.10. The average molecular weight is 430 g/mol. The maximum absolute atomic E-state index is 14.0. The van der Waals surface area contributed by atoms with Gasteiger partial charge in [-0.1, -0.05) is 12.1 Å². The van der Waals surface area contributed by atoms with Crippen LogP contribution >= 0.6 is 11.3 Å². The molecule has 158 valence electrons. The number of likely N-dealkylation sites (tertiary alicyclic amines) is 1. The smallest absolute Gasteiger partial charge is 0.188 e. The zero-order chi connectivity index (χ0) is 21.1. The number of benzene rings is 1. The number of rotatable bonds is 6. The van der Waals surface area contributed by atoms with Crippen molar-refractivity contribution in [3.8, 4) is 0 Å². The number of aromatic nitrogens is 3. The molecule has 3 heterocycles. The second-order valence-electron chi connectivity index (χ2n) is 7.85. The van der Waals surface area contributed by atoms with Crippen LogP contribution < -0.4 is 5.32 Å². The van der Waals surface area contributed by atoms with Gasteiger partial charge < -0.3 is 5.32 Å². The van der Waals surface area contributed by atoms with E-state index in [0.717, 1.165) is 65.8 Å². The molecule has 0 bridgehead atoms. The maximum Gasteiger partial charge on any atom is 0.188 e. The fourth-order valence-electron chi connectivity index (χ4n) is 3.99. The fourth-order valence-corrected chi connectivity index (χ4v) is 4.66. The van der Waals surface area contributed by atoms with Crippen molar-refractivity contribution in [2.24, 2.45) is 5.92 Å². The Morgan fingerprint density at radius 1 is 1.23 bits per heavy atom. The standard InChI is InChI=1S/C22H25F2N5S/c1-14-11-25-22(30-14)28-20-10-18(26-15(2)27-20)9-16-5-4-8-29(12-16)13-17-6-3-7-19(23)21(17)24/h3,6-7,10-11,16H,4-5,8-9,12-13H2,1-2H3,(H,25,26,27,28). The molecule has 1 aromatic carbocycles. The Morgan fingerprint density at radius 2 is 2.10 bits per heavy atom. The quantitative estimate of drug-likeness (QED) is 0.596. The SMILES string of the molecule is Cc1nc(CC2CCCN(Cc3cccc(F)c3F)C2)cc(Nc2ncc(C)s2)n1. The van der Waals surface area contributed by atoms with E-state index in [9.17, 15) is 8.78 Å². The normalized spacial score (nSPS) is 17.3. The number of hydrogen-bond acceptors (Lipinski definition) is 6. The first-order valence-electron chi connectivity index (χ1n) is 10.2. The van der Waals surface area contributed by atoms with E-state index >= 15 is 0 Å². The lowest BCUT2D eigenvalue weighted by Gasteiger charge is -2.32. The minimum atomic E-state index is -0.784. The molecule has 1 N–H and O–H groups in total. The van der Waals surface area contributed by atoms with Crippen molar-refractivity contribution < 1.29 is 8.78 Å². The molecule has 1 unspecified atom stereocenters. The molecule has 4 rings (SSSR count). The van der Waals surface area contributed by atoms with Gasteiger partial charge in [0.2, 0.25) is 0 Å². The van der Waals surface area contributed by atoms with E-state index in [0.29, 0.717) is 18.0 Å². The van der Waals surface area contributed by atoms with Crippen molar-refractivity contribution in [1.82, 2.24) is 19.9 Å². The highest BCUT2D eigenvalue weighted by molar-refractivity contribution is 7.15. The Hall–Kier alpha value is -2.45. The second-order valence-corrected chi connectivity index (χ2v) is 9.09. The first-order valence-corrected chi connectivity index (χ1v) is 11.0. The van der Waals surface area contributed by atoms with E-state index in [4.69, 9.17) is 0 Å². The number of anilines is 2. The molecule has 30 heavy (non-hydrogen) atoms. The van der Waals surface area contributed by atoms with E-state index < -0.39 is 11.6 Å². The monoisotopic (exact) mass is 429 g/mol. The molecular weight excluding hydrogens is 404 g/mol. The summed E-state index contributed by atoms with van der Waals surface area (Å²) >= 11 is 1.59. The Morgan fingerprint density at radius 3 is 2.90 bits per heavy atom. The number of hydrogen-bond donors (Lipinski definition) is 1. The molecule has 1 aliphatic rings. The van der Waals surface area contributed by atoms with Crippen molar-refractivity contribution in [1.29, 1.82) is 0 Å². The molecule has 0 amide bonds. The second kappa shape index (κ2) is 9.14. The van der Waals surface area contributed by atoms with Gasteiger partial charge in [0.25, 0.3) is 0 Å². The zero-order valence-corrected chi connectivity index (χ0v) is 18.0. The van der Waals surface area contributed by atoms with E-state index in [1.807, 2.05) is 26.1 Å². The van der Waals surface area contributed by atoms with Crippen LogP contribution in [0.5, 0.6) is 0 Å². The summed E-state index contributed by atoms with van der Waals surface area (Å²) in [6.07, 6.45) is 4.80. The topological polar surface area (TPSA) is 53.9 Å². The van der Waals surface area contributed by atoms with Gasteiger partial charge in [0.15, 0.2) is 16.8 Å². The number of thiazole rings is 1. The summed E-state index contributed by atoms with van der Waals surface area (Å²) in [5, 5.41) is 4.08. The number of halogens is 2. The number of piperidine rings is 1. The molecule has 0 saturated carbocycles. The molecule has 3 aromatic rings. The van der Waals surface area contributed by atoms with Gasteiger partial charge in [0.05, 0.1) is 0 Å². The highest BCUT2D eigenvalue weighted by atomic mass is 32.1. The molecule has 1 fully saturated rings. The highest BCUT2D eigenvalue weighted by Gasteiger charge is 2.22. The molecule has 1 atom stereocenters. The summed E-state index contributed by atoms with van der Waals surface area (Å²) < 4.78 is 27.6. The van der Waals surface area contributed by atoms with Crippen LogP contribution in [-0.4, -0.2) is 32.9 Å². The van der Waals surface area contributed by atoms with Crippen LogP contribution in [0.15, 0.2) is 30.5 Å². The van der Waals surface area contributed by atoms with Crippen LogP contribution in [0.4, 0.5) is 19.7 Å². The van der Waals surface area contributed by atoms with Crippen molar-refractivity contribution >= 4 is 22.3 Å². The molecule has 1 saturated heterocycles. The predicted molar refractivity (Wildman–Crippen MR) is 115 cm³/mol. The van der Waals surface area contributed by atoms with Crippen LogP contribution in [0.3, 0.4) is 0 Å². The average Bonchev–Trinajstić information content (AvgIpc) is 3.10. The summed E-state index contributed by atoms with van der Waals surface area (Å²) in [6, 6.07) is 6.37. The highest BCUT2D eigenvalue weighted by Crippen LogP contribution is 2.25. The lowest BCUT2D eigenvalue weighted by Crippen LogP contribution is -2.36. The minimum absolute atomic E-state index is 0.416. The lowest BCUT2D eigenvalue weighted by atomic mass is 9.93. The summed E-state index contributed by atoms with van der Waals surface area (Å²) in [5.74, 6) is 0.367. The van der Waals surface area contributed by atoms with Crippen LogP contribution in [0.1, 0.15) is 34.8 Å². The molecule has 0 spiro atoms. The molecule has 8 heteroatoms. The maximum atomic E-state index is 14.0. The van der Waals surface area contributed by atoms with E-state index in [-0.39, 0.29) is 0 Å². The van der Waals surface area contributed by atoms with Gasteiger partial charge in [-0.2, -0.15) is 0 Å². The van der Waals surface area contributed by atoms with Crippen LogP contribution in [0, 0.1) is 31.4 Å². The van der Waals surface area contributed by atoms with Crippen molar-refractivity contribution in [2.75, 3.05) is 18.4 Å². The van der Waals surface area contributed by atoms with E-state index in [2.05, 4.69) is 25.2 Å². The van der Waals surface area contributed by atoms with Crippen LogP contribution in [-0.2, 0) is 13.0 Å². The van der Waals surface area contributed by atoms with E-state index in [1.165, 1.54) is 0 Å². The summed E-state index contributed by atoms with van der Waals surface area (Å²) in [6.45, 7) is 6.07. The summed E-state index contributed by atoms with van der Waals surface area (Å²) in [4.78, 5) is 16.8. The van der Waals surface area contributed by atoms with Gasteiger partial charge in [-0.25, -0.2) is 23.7 Å². The molecule has 5 nitrogen and oxygen atoms in total. The van der Waals surface area contributed by atoms with Gasteiger partial charge in [-0.3, -0.25) is 4.90 Å². The number of nitrogens with zero attached hydrogens (tertiary/aromatic N) is 4. The predicted octanol–water partition coefficient (Wildman–Crippen LogP) is 5.03. The number of nitrogens with one attached hydrogen (secondary N) is 1. The molecule has 1 aliphatic heterocycles. The fraction of sp³-hybridized carbons (Fsp3) is 0.409. The van der Waals surface area contributed by atoms with E-state index in [1.54, 1.807) is 23.5 Å². The Bertz CT molecular complexity index is 1020. The van der Waals surface area contributed by atoms with Gasteiger partial charge in [-0.15, -0.1) is 11.3 Å². The van der Waals surface area contributed by atoms with Crippen molar-refractivity contribution in [3.63, 3.8) is 0 Å². The van der Waals surface area contributed by atoms with Gasteiger partial charge in [0, 0.05) is 41.5 Å². The zero-order valence-electron chi connectivity index (χ0n) is 17.2. The summed E-state index contributed by atoms with van der Waals surface area (Å²) in [5.41, 5.74) is 1.40. The van der Waals surface area contributed by atoms with Gasteiger partial charge in [0.1, 0.15) is 11.6 Å². The third-order valence-electron chi connectivity index (χ3n) is 5.27. The number of aryl methyl sites for hydroxylation is 2. The van der Waals surface area contributed by atoms with Gasteiger partial charge in [-0.05, 0) is 51.6 Å². The first kappa shape index (κ1) is 20.8. The largest absolute Gasteiger partial charge is 0.316 e. The first-order chi connectivity index (χ1) is 14.5. The lowest BCUT2D eigenvalue weighted by molar-refractivity contribution is 0.164. The molecule has 0 radical (unpaired) electrons. The Kier molecular flexibility index (Phi) is 6.34.